The first-order valence-electron chi connectivity index (χ1n) is 14.8. The van der Waals surface area contributed by atoms with E-state index in [0.717, 1.165) is 12.0 Å². The number of anilines is 2. The molecule has 2 aromatic rings. The molecule has 2 fully saturated rings. The summed E-state index contributed by atoms with van der Waals surface area (Å²) < 4.78 is 71.6. The number of hydrogen-bond donors (Lipinski definition) is 3. The number of amides is 2. The molecule has 2 aliphatic heterocycles. The number of aromatic nitrogens is 2. The highest BCUT2D eigenvalue weighted by Crippen LogP contribution is 2.34. The van der Waals surface area contributed by atoms with Crippen LogP contribution in [-0.4, -0.2) is 79.3 Å². The third-order valence-corrected chi connectivity index (χ3v) is 8.72. The van der Waals surface area contributed by atoms with E-state index in [9.17, 15) is 31.2 Å². The van der Waals surface area contributed by atoms with E-state index in [2.05, 4.69) is 20.6 Å². The van der Waals surface area contributed by atoms with E-state index in [0.29, 0.717) is 63.8 Å². The van der Waals surface area contributed by atoms with Crippen molar-refractivity contribution in [2.45, 2.75) is 57.2 Å². The van der Waals surface area contributed by atoms with Gasteiger partial charge < -0.3 is 20.4 Å². The summed E-state index contributed by atoms with van der Waals surface area (Å²) in [6.45, 7) is 1.49. The van der Waals surface area contributed by atoms with Crippen LogP contribution >= 0.6 is 0 Å². The number of carbonyl (C=O) groups is 2. The van der Waals surface area contributed by atoms with E-state index in [1.807, 2.05) is 18.2 Å². The van der Waals surface area contributed by atoms with E-state index in [1.165, 1.54) is 6.07 Å². The van der Waals surface area contributed by atoms with Crippen molar-refractivity contribution in [1.82, 2.24) is 20.6 Å². The van der Waals surface area contributed by atoms with Gasteiger partial charge >= 0.3 is 6.18 Å². The van der Waals surface area contributed by atoms with Crippen molar-refractivity contribution < 1.29 is 35.7 Å². The molecule has 2 saturated heterocycles. The molecule has 2 aliphatic rings. The van der Waals surface area contributed by atoms with Crippen LogP contribution in [0.5, 0.6) is 0 Å². The van der Waals surface area contributed by atoms with Gasteiger partial charge in [0.25, 0.3) is 10.1 Å². The molecule has 2 amide bonds. The quantitative estimate of drug-likeness (QED) is 0.274. The van der Waals surface area contributed by atoms with E-state index in [-0.39, 0.29) is 42.3 Å². The molecule has 16 heteroatoms. The van der Waals surface area contributed by atoms with Crippen LogP contribution < -0.4 is 20.4 Å². The molecule has 0 radical (unpaired) electrons. The van der Waals surface area contributed by atoms with E-state index < -0.39 is 33.9 Å². The smallest absolute Gasteiger partial charge is 0.356 e. The molecule has 1 atom stereocenters. The second kappa shape index (κ2) is 14.9. The molecule has 12 nitrogen and oxygen atoms in total. The SMILES string of the molecule is N#Cc1ccc(CCNC(=O)C2CCN2c2cc(N3CCC(CCCC(=O)NCCS(=O)(=O)O)CC3)nc(C(F)(F)F)n2)cc1. The molecule has 4 rings (SSSR count). The van der Waals surface area contributed by atoms with Gasteiger partial charge in [-0.15, -0.1) is 0 Å². The molecular weight excluding hydrogens is 615 g/mol. The summed E-state index contributed by atoms with van der Waals surface area (Å²) in [5.74, 6) is -1.95. The molecule has 1 aromatic heterocycles. The van der Waals surface area contributed by atoms with Gasteiger partial charge in [0, 0.05) is 45.2 Å². The zero-order valence-electron chi connectivity index (χ0n) is 24.6. The zero-order valence-corrected chi connectivity index (χ0v) is 25.4. The Labute approximate surface area is 259 Å². The maximum Gasteiger partial charge on any atom is 0.451 e. The lowest BCUT2D eigenvalue weighted by Gasteiger charge is -2.41. The van der Waals surface area contributed by atoms with Crippen molar-refractivity contribution in [3.63, 3.8) is 0 Å². The van der Waals surface area contributed by atoms with Crippen molar-refractivity contribution in [2.75, 3.05) is 48.3 Å². The fourth-order valence-electron chi connectivity index (χ4n) is 5.40. The van der Waals surface area contributed by atoms with Gasteiger partial charge in [0.2, 0.25) is 17.6 Å². The van der Waals surface area contributed by atoms with Crippen LogP contribution in [-0.2, 0) is 32.3 Å². The van der Waals surface area contributed by atoms with Crippen LogP contribution in [0.1, 0.15) is 55.5 Å². The lowest BCUT2D eigenvalue weighted by molar-refractivity contribution is -0.144. The van der Waals surface area contributed by atoms with Gasteiger partial charge in [-0.1, -0.05) is 12.1 Å². The average molecular weight is 652 g/mol. The maximum absolute atomic E-state index is 13.8. The Morgan fingerprint density at radius 2 is 1.71 bits per heavy atom. The Bertz CT molecular complexity index is 1490. The molecule has 1 aromatic carbocycles. The Morgan fingerprint density at radius 3 is 2.31 bits per heavy atom. The van der Waals surface area contributed by atoms with Crippen LogP contribution in [0, 0.1) is 17.2 Å². The molecule has 45 heavy (non-hydrogen) atoms. The van der Waals surface area contributed by atoms with Gasteiger partial charge in [0.05, 0.1) is 17.4 Å². The fraction of sp³-hybridized carbons (Fsp3) is 0.552. The van der Waals surface area contributed by atoms with Crippen molar-refractivity contribution in [1.29, 1.82) is 5.26 Å². The van der Waals surface area contributed by atoms with Crippen LogP contribution in [0.25, 0.3) is 0 Å². The number of benzene rings is 1. The monoisotopic (exact) mass is 651 g/mol. The number of piperidine rings is 1. The number of rotatable bonds is 13. The molecule has 0 spiro atoms. The highest BCUT2D eigenvalue weighted by Gasteiger charge is 2.40. The van der Waals surface area contributed by atoms with Gasteiger partial charge in [-0.2, -0.15) is 26.9 Å². The molecule has 0 bridgehead atoms. The lowest BCUT2D eigenvalue weighted by Crippen LogP contribution is -2.57. The summed E-state index contributed by atoms with van der Waals surface area (Å²) in [5.41, 5.74) is 1.48. The standard InChI is InChI=1S/C29H36F3N7O5S/c30-29(31,32)28-36-24(38-14-9-20(10-15-38)2-1-3-26(40)34-13-17-45(42,43)44)18-25(37-28)39-16-11-23(39)27(41)35-12-8-21-4-6-22(19-33)7-5-21/h4-7,18,20,23H,1-3,8-17H2,(H,34,40)(H,35,41)(H,42,43,44). The minimum absolute atomic E-state index is 0.0490. The summed E-state index contributed by atoms with van der Waals surface area (Å²) in [6, 6.07) is 9.91. The predicted molar refractivity (Wildman–Crippen MR) is 159 cm³/mol. The van der Waals surface area contributed by atoms with Crippen LogP contribution in [0.3, 0.4) is 0 Å². The van der Waals surface area contributed by atoms with Gasteiger partial charge in [0.1, 0.15) is 17.7 Å². The van der Waals surface area contributed by atoms with Crippen molar-refractivity contribution in [2.24, 2.45) is 5.92 Å². The summed E-state index contributed by atoms with van der Waals surface area (Å²) in [4.78, 5) is 35.7. The van der Waals surface area contributed by atoms with Gasteiger partial charge in [-0.05, 0) is 62.1 Å². The predicted octanol–water partition coefficient (Wildman–Crippen LogP) is 2.70. The second-order valence-corrected chi connectivity index (χ2v) is 12.8. The summed E-state index contributed by atoms with van der Waals surface area (Å²) in [6.07, 6.45) is -0.849. The fourth-order valence-corrected chi connectivity index (χ4v) is 5.76. The number of hydrogen-bond acceptors (Lipinski definition) is 9. The van der Waals surface area contributed by atoms with Crippen molar-refractivity contribution in [3.8, 4) is 6.07 Å². The molecular formula is C29H36F3N7O5S. The number of halogens is 3. The van der Waals surface area contributed by atoms with Gasteiger partial charge in [-0.25, -0.2) is 9.97 Å². The number of carbonyl (C=O) groups excluding carboxylic acids is 2. The minimum Gasteiger partial charge on any atom is -0.356 e. The Balaban J connectivity index is 1.30. The normalized spacial score (nSPS) is 17.4. The summed E-state index contributed by atoms with van der Waals surface area (Å²) in [7, 11) is -4.14. The average Bonchev–Trinajstić information content (AvgIpc) is 2.96. The van der Waals surface area contributed by atoms with Gasteiger partial charge in [-0.3, -0.25) is 14.1 Å². The Kier molecular flexibility index (Phi) is 11.2. The first-order chi connectivity index (χ1) is 21.3. The van der Waals surface area contributed by atoms with Crippen molar-refractivity contribution >= 4 is 33.6 Å². The number of nitriles is 1. The van der Waals surface area contributed by atoms with Crippen LogP contribution in [0.2, 0.25) is 0 Å². The topological polar surface area (TPSA) is 169 Å². The highest BCUT2D eigenvalue weighted by atomic mass is 32.2. The summed E-state index contributed by atoms with van der Waals surface area (Å²) in [5, 5.41) is 14.2. The van der Waals surface area contributed by atoms with Gasteiger partial charge in [0.15, 0.2) is 0 Å². The highest BCUT2D eigenvalue weighted by molar-refractivity contribution is 7.85. The number of nitrogens with zero attached hydrogens (tertiary/aromatic N) is 5. The zero-order chi connectivity index (χ0) is 32.6. The molecule has 0 saturated carbocycles. The third-order valence-electron chi connectivity index (χ3n) is 8.00. The van der Waals surface area contributed by atoms with E-state index >= 15 is 0 Å². The van der Waals surface area contributed by atoms with E-state index in [1.54, 1.807) is 21.9 Å². The minimum atomic E-state index is -4.77. The first kappa shape index (κ1) is 33.9. The van der Waals surface area contributed by atoms with E-state index in [4.69, 9.17) is 9.81 Å². The Hall–Kier alpha value is -3.97. The number of nitrogens with one attached hydrogen (secondary N) is 2. The van der Waals surface area contributed by atoms with Crippen molar-refractivity contribution in [3.05, 3.63) is 47.3 Å². The first-order valence-corrected chi connectivity index (χ1v) is 16.4. The van der Waals surface area contributed by atoms with Crippen LogP contribution in [0.15, 0.2) is 30.3 Å². The molecule has 1 unspecified atom stereocenters. The Morgan fingerprint density at radius 1 is 1.02 bits per heavy atom. The molecule has 244 valence electrons. The largest absolute Gasteiger partial charge is 0.451 e. The second-order valence-electron chi connectivity index (χ2n) is 11.2. The summed E-state index contributed by atoms with van der Waals surface area (Å²) >= 11 is 0. The maximum atomic E-state index is 13.8. The number of alkyl halides is 3. The molecule has 3 N–H and O–H groups in total. The van der Waals surface area contributed by atoms with Crippen LogP contribution in [0.4, 0.5) is 24.8 Å². The molecule has 3 heterocycles. The molecule has 0 aliphatic carbocycles. The lowest BCUT2D eigenvalue weighted by atomic mass is 9.91. The third kappa shape index (κ3) is 10.0.